The summed E-state index contributed by atoms with van der Waals surface area (Å²) in [5, 5.41) is 4.41. The van der Waals surface area contributed by atoms with Gasteiger partial charge in [0.2, 0.25) is 0 Å². The lowest BCUT2D eigenvalue weighted by Crippen LogP contribution is -2.26. The fraction of sp³-hybridized carbons (Fsp3) is 0.0800. The maximum absolute atomic E-state index is 12.9. The van der Waals surface area contributed by atoms with Crippen molar-refractivity contribution in [3.63, 3.8) is 0 Å². The third-order valence-electron chi connectivity index (χ3n) is 5.27. The van der Waals surface area contributed by atoms with E-state index in [2.05, 4.69) is 10.1 Å². The molecule has 0 aliphatic heterocycles. The van der Waals surface area contributed by atoms with Crippen LogP contribution in [0, 0.1) is 0 Å². The number of imidazole rings is 1. The SMILES string of the molecule is CN(Cc1cnn(-c2ccccc2)c1)C(=O)c1ccc(-n2cnc3ccccc32)cc1. The summed E-state index contributed by atoms with van der Waals surface area (Å²) >= 11 is 0. The summed E-state index contributed by atoms with van der Waals surface area (Å²) in [5.74, 6) is -0.0329. The molecular formula is C25H21N5O. The molecule has 0 unspecified atom stereocenters. The van der Waals surface area contributed by atoms with Crippen LogP contribution in [0.2, 0.25) is 0 Å². The molecular weight excluding hydrogens is 386 g/mol. The third-order valence-corrected chi connectivity index (χ3v) is 5.27. The molecule has 5 rings (SSSR count). The van der Waals surface area contributed by atoms with E-state index in [4.69, 9.17) is 0 Å². The summed E-state index contributed by atoms with van der Waals surface area (Å²) in [6.45, 7) is 0.486. The van der Waals surface area contributed by atoms with Crippen LogP contribution in [0.3, 0.4) is 0 Å². The van der Waals surface area contributed by atoms with Crippen LogP contribution in [-0.2, 0) is 6.54 Å². The number of fused-ring (bicyclic) bond motifs is 1. The Bertz CT molecular complexity index is 1340. The lowest BCUT2D eigenvalue weighted by molar-refractivity contribution is 0.0785. The summed E-state index contributed by atoms with van der Waals surface area (Å²) in [6.07, 6.45) is 5.55. The summed E-state index contributed by atoms with van der Waals surface area (Å²) in [5.41, 5.74) is 5.56. The van der Waals surface area contributed by atoms with E-state index in [1.54, 1.807) is 24.5 Å². The van der Waals surface area contributed by atoms with Gasteiger partial charge in [0.1, 0.15) is 6.33 Å². The van der Waals surface area contributed by atoms with E-state index in [1.807, 2.05) is 94.3 Å². The maximum Gasteiger partial charge on any atom is 0.253 e. The van der Waals surface area contributed by atoms with E-state index in [0.717, 1.165) is 28.0 Å². The van der Waals surface area contributed by atoms with Crippen LogP contribution in [0.1, 0.15) is 15.9 Å². The van der Waals surface area contributed by atoms with Crippen molar-refractivity contribution >= 4 is 16.9 Å². The molecule has 0 saturated carbocycles. The van der Waals surface area contributed by atoms with Crippen LogP contribution in [0.5, 0.6) is 0 Å². The minimum absolute atomic E-state index is 0.0329. The van der Waals surface area contributed by atoms with Crippen LogP contribution >= 0.6 is 0 Å². The Balaban J connectivity index is 1.30. The van der Waals surface area contributed by atoms with Gasteiger partial charge in [0.05, 0.1) is 22.9 Å². The summed E-state index contributed by atoms with van der Waals surface area (Å²) in [4.78, 5) is 19.0. The van der Waals surface area contributed by atoms with Gasteiger partial charge >= 0.3 is 0 Å². The van der Waals surface area contributed by atoms with Crippen molar-refractivity contribution in [3.8, 4) is 11.4 Å². The van der Waals surface area contributed by atoms with Crippen molar-refractivity contribution in [1.29, 1.82) is 0 Å². The fourth-order valence-corrected chi connectivity index (χ4v) is 3.66. The second-order valence-corrected chi connectivity index (χ2v) is 7.44. The first-order valence-corrected chi connectivity index (χ1v) is 10.1. The lowest BCUT2D eigenvalue weighted by atomic mass is 10.1. The van der Waals surface area contributed by atoms with E-state index in [9.17, 15) is 4.79 Å². The molecule has 0 spiro atoms. The molecule has 5 aromatic rings. The molecule has 152 valence electrons. The second kappa shape index (κ2) is 7.91. The van der Waals surface area contributed by atoms with Gasteiger partial charge < -0.3 is 4.90 Å². The average molecular weight is 407 g/mol. The van der Waals surface area contributed by atoms with Crippen molar-refractivity contribution in [2.45, 2.75) is 6.54 Å². The van der Waals surface area contributed by atoms with Gasteiger partial charge in [-0.15, -0.1) is 0 Å². The number of para-hydroxylation sites is 3. The molecule has 2 aromatic heterocycles. The van der Waals surface area contributed by atoms with Crippen LogP contribution in [0.15, 0.2) is 97.6 Å². The van der Waals surface area contributed by atoms with Crippen LogP contribution in [0.4, 0.5) is 0 Å². The van der Waals surface area contributed by atoms with E-state index in [0.29, 0.717) is 12.1 Å². The van der Waals surface area contributed by atoms with E-state index < -0.39 is 0 Å². The number of rotatable bonds is 5. The Morgan fingerprint density at radius 1 is 0.903 bits per heavy atom. The van der Waals surface area contributed by atoms with Crippen molar-refractivity contribution in [3.05, 3.63) is 109 Å². The zero-order valence-corrected chi connectivity index (χ0v) is 17.1. The highest BCUT2D eigenvalue weighted by molar-refractivity contribution is 5.94. The Labute approximate surface area is 180 Å². The molecule has 6 nitrogen and oxygen atoms in total. The highest BCUT2D eigenvalue weighted by Gasteiger charge is 2.14. The highest BCUT2D eigenvalue weighted by Crippen LogP contribution is 2.19. The predicted molar refractivity (Wildman–Crippen MR) is 120 cm³/mol. The molecule has 0 fully saturated rings. The standard InChI is InChI=1S/C25H21N5O/c1-28(16-19-15-27-30(17-19)22-7-3-2-4-8-22)25(31)20-11-13-21(14-12-20)29-18-26-23-9-5-6-10-24(23)29/h2-15,17-18H,16H2,1H3. The molecule has 0 atom stereocenters. The first-order valence-electron chi connectivity index (χ1n) is 10.1. The molecule has 0 aliphatic rings. The van der Waals surface area contributed by atoms with Crippen molar-refractivity contribution < 1.29 is 4.79 Å². The quantitative estimate of drug-likeness (QED) is 0.432. The molecule has 6 heteroatoms. The Kier molecular flexibility index (Phi) is 4.80. The predicted octanol–water partition coefficient (Wildman–Crippen LogP) is 4.48. The monoisotopic (exact) mass is 407 g/mol. The normalized spacial score (nSPS) is 11.0. The second-order valence-electron chi connectivity index (χ2n) is 7.44. The van der Waals surface area contributed by atoms with Gasteiger partial charge in [0, 0.05) is 36.6 Å². The minimum Gasteiger partial charge on any atom is -0.337 e. The highest BCUT2D eigenvalue weighted by atomic mass is 16.2. The first kappa shape index (κ1) is 18.8. The number of amides is 1. The molecule has 0 bridgehead atoms. The van der Waals surface area contributed by atoms with Crippen molar-refractivity contribution in [2.24, 2.45) is 0 Å². The smallest absolute Gasteiger partial charge is 0.253 e. The number of aromatic nitrogens is 4. The number of carbonyl (C=O) groups is 1. The van der Waals surface area contributed by atoms with E-state index >= 15 is 0 Å². The van der Waals surface area contributed by atoms with Crippen molar-refractivity contribution in [2.75, 3.05) is 7.05 Å². The summed E-state index contributed by atoms with van der Waals surface area (Å²) in [6, 6.07) is 25.5. The third kappa shape index (κ3) is 3.71. The topological polar surface area (TPSA) is 56.0 Å². The van der Waals surface area contributed by atoms with Crippen LogP contribution in [0.25, 0.3) is 22.4 Å². The van der Waals surface area contributed by atoms with Crippen LogP contribution < -0.4 is 0 Å². The molecule has 0 aliphatic carbocycles. The van der Waals surface area contributed by atoms with E-state index in [1.165, 1.54) is 0 Å². The first-order chi connectivity index (χ1) is 15.2. The average Bonchev–Trinajstić information content (AvgIpc) is 3.46. The number of hydrogen-bond donors (Lipinski definition) is 0. The lowest BCUT2D eigenvalue weighted by Gasteiger charge is -2.16. The fourth-order valence-electron chi connectivity index (χ4n) is 3.66. The van der Waals surface area contributed by atoms with Crippen molar-refractivity contribution in [1.82, 2.24) is 24.2 Å². The minimum atomic E-state index is -0.0329. The molecule has 2 heterocycles. The van der Waals surface area contributed by atoms with Crippen LogP contribution in [-0.4, -0.2) is 37.2 Å². The Morgan fingerprint density at radius 2 is 1.65 bits per heavy atom. The molecule has 0 saturated heterocycles. The Morgan fingerprint density at radius 3 is 2.45 bits per heavy atom. The number of nitrogens with zero attached hydrogens (tertiary/aromatic N) is 5. The number of hydrogen-bond acceptors (Lipinski definition) is 3. The molecule has 1 amide bonds. The van der Waals surface area contributed by atoms with Gasteiger partial charge in [-0.3, -0.25) is 9.36 Å². The number of carbonyl (C=O) groups excluding carboxylic acids is 1. The maximum atomic E-state index is 12.9. The number of benzene rings is 3. The summed E-state index contributed by atoms with van der Waals surface area (Å²) in [7, 11) is 1.81. The molecule has 3 aromatic carbocycles. The van der Waals surface area contributed by atoms with E-state index in [-0.39, 0.29) is 5.91 Å². The molecule has 0 radical (unpaired) electrons. The summed E-state index contributed by atoms with van der Waals surface area (Å²) < 4.78 is 3.84. The van der Waals surface area contributed by atoms with Gasteiger partial charge in [0.15, 0.2) is 0 Å². The van der Waals surface area contributed by atoms with Gasteiger partial charge in [-0.25, -0.2) is 9.67 Å². The van der Waals surface area contributed by atoms with Gasteiger partial charge in [-0.1, -0.05) is 30.3 Å². The molecule has 0 N–H and O–H groups in total. The van der Waals surface area contributed by atoms with Gasteiger partial charge in [-0.2, -0.15) is 5.10 Å². The zero-order valence-electron chi connectivity index (χ0n) is 17.1. The Hall–Kier alpha value is -4.19. The van der Waals surface area contributed by atoms with Gasteiger partial charge in [-0.05, 0) is 48.5 Å². The van der Waals surface area contributed by atoms with Gasteiger partial charge in [0.25, 0.3) is 5.91 Å². The largest absolute Gasteiger partial charge is 0.337 e. The zero-order chi connectivity index (χ0) is 21.2. The molecule has 31 heavy (non-hydrogen) atoms.